The van der Waals surface area contributed by atoms with Gasteiger partial charge in [0.05, 0.1) is 32.1 Å². The summed E-state index contributed by atoms with van der Waals surface area (Å²) in [4.78, 5) is 5.11. The highest BCUT2D eigenvalue weighted by Gasteiger charge is 2.27. The van der Waals surface area contributed by atoms with E-state index in [2.05, 4.69) is 222 Å². The molecule has 2 heterocycles. The molecule has 0 aliphatic heterocycles. The second kappa shape index (κ2) is 14.4. The minimum Gasteiger partial charge on any atom is -0.308 e. The molecule has 310 valence electrons. The predicted molar refractivity (Wildman–Crippen MR) is 283 cm³/mol. The van der Waals surface area contributed by atoms with E-state index in [1.807, 2.05) is 22.7 Å². The van der Waals surface area contributed by atoms with Crippen LogP contribution in [0.4, 0.5) is 34.1 Å². The van der Waals surface area contributed by atoms with Crippen LogP contribution in [0.5, 0.6) is 0 Å². The Morgan fingerprint density at radius 1 is 0.391 bits per heavy atom. The zero-order valence-electron chi connectivity index (χ0n) is 37.3. The normalized spacial score (nSPS) is 12.3. The quantitative estimate of drug-likeness (QED) is 0.154. The second-order valence-electron chi connectivity index (χ2n) is 18.8. The molecule has 64 heavy (non-hydrogen) atoms. The van der Waals surface area contributed by atoms with Crippen molar-refractivity contribution in [1.29, 1.82) is 0 Å². The molecule has 0 aliphatic carbocycles. The van der Waals surface area contributed by atoms with Crippen molar-refractivity contribution in [3.8, 4) is 0 Å². The average Bonchev–Trinajstić information content (AvgIpc) is 3.86. The van der Waals surface area contributed by atoms with E-state index >= 15 is 0 Å². The van der Waals surface area contributed by atoms with Crippen LogP contribution >= 0.6 is 22.7 Å². The topological polar surface area (TPSA) is 6.48 Å². The summed E-state index contributed by atoms with van der Waals surface area (Å²) >= 11 is 3.85. The number of rotatable bonds is 6. The summed E-state index contributed by atoms with van der Waals surface area (Å²) in [6.45, 7) is 16.0. The number of aryl methyl sites for hydroxylation is 4. The molecular weight excluding hydrogens is 813 g/mol. The van der Waals surface area contributed by atoms with Gasteiger partial charge in [0, 0.05) is 53.1 Å². The Hall–Kier alpha value is -6.72. The highest BCUT2D eigenvalue weighted by molar-refractivity contribution is 7.27. The summed E-state index contributed by atoms with van der Waals surface area (Å²) in [6, 6.07) is 61.9. The third kappa shape index (κ3) is 5.89. The Morgan fingerprint density at radius 2 is 0.859 bits per heavy atom. The van der Waals surface area contributed by atoms with Crippen molar-refractivity contribution in [3.05, 3.63) is 192 Å². The Balaban J connectivity index is 1.15. The summed E-state index contributed by atoms with van der Waals surface area (Å²) in [7, 11) is 0. The van der Waals surface area contributed by atoms with Crippen LogP contribution in [0.15, 0.2) is 164 Å². The maximum Gasteiger partial charge on any atom is 0.0669 e. The summed E-state index contributed by atoms with van der Waals surface area (Å²) < 4.78 is 5.32. The number of hydrogen-bond acceptors (Lipinski definition) is 4. The van der Waals surface area contributed by atoms with Crippen LogP contribution in [-0.4, -0.2) is 0 Å². The summed E-state index contributed by atoms with van der Waals surface area (Å²) in [5, 5.41) is 12.8. The van der Waals surface area contributed by atoms with Crippen LogP contribution in [0, 0.1) is 27.7 Å². The first kappa shape index (κ1) is 38.9. The molecule has 0 N–H and O–H groups in total. The third-order valence-electron chi connectivity index (χ3n) is 13.4. The number of hydrogen-bond donors (Lipinski definition) is 0. The summed E-state index contributed by atoms with van der Waals surface area (Å²) in [6.07, 6.45) is 0. The average molecular weight is 861 g/mol. The number of thiophene rings is 2. The SMILES string of the molecule is Cc1cccc(N(c2ccc3ccc4c(N(c5cccc(C)c5)c5c(C)ccc6c5sc5c(C(C)(C)C)cccc56)ccc5ccc2c3c54)c2c(C)ccc3c2sc2ccccc23)c1. The maximum atomic E-state index is 2.56. The number of nitrogens with zero attached hydrogens (tertiary/aromatic N) is 2. The zero-order chi connectivity index (χ0) is 43.6. The molecule has 4 heteroatoms. The smallest absolute Gasteiger partial charge is 0.0669 e. The van der Waals surface area contributed by atoms with E-state index < -0.39 is 0 Å². The fourth-order valence-corrected chi connectivity index (χ4v) is 13.3. The van der Waals surface area contributed by atoms with E-state index in [1.54, 1.807) is 0 Å². The lowest BCUT2D eigenvalue weighted by Crippen LogP contribution is -2.13. The van der Waals surface area contributed by atoms with Gasteiger partial charge in [0.1, 0.15) is 0 Å². The molecular formula is C60H48N2S2. The monoisotopic (exact) mass is 860 g/mol. The van der Waals surface area contributed by atoms with Crippen molar-refractivity contribution >= 4 is 129 Å². The van der Waals surface area contributed by atoms with E-state index in [0.717, 1.165) is 11.4 Å². The first-order valence-electron chi connectivity index (χ1n) is 22.3. The van der Waals surface area contributed by atoms with Crippen molar-refractivity contribution in [2.24, 2.45) is 0 Å². The first-order chi connectivity index (χ1) is 31.0. The minimum atomic E-state index is 0.0226. The number of fused-ring (bicyclic) bond motifs is 6. The second-order valence-corrected chi connectivity index (χ2v) is 20.9. The van der Waals surface area contributed by atoms with Crippen molar-refractivity contribution in [2.45, 2.75) is 53.9 Å². The maximum absolute atomic E-state index is 2.56. The van der Waals surface area contributed by atoms with Gasteiger partial charge in [0.15, 0.2) is 0 Å². The molecule has 2 aromatic heterocycles. The van der Waals surface area contributed by atoms with Crippen LogP contribution in [0.2, 0.25) is 0 Å². The third-order valence-corrected chi connectivity index (χ3v) is 15.9. The molecule has 12 rings (SSSR count). The van der Waals surface area contributed by atoms with Crippen LogP contribution < -0.4 is 9.80 Å². The molecule has 0 bridgehead atoms. The molecule has 0 amide bonds. The van der Waals surface area contributed by atoms with Crippen molar-refractivity contribution in [1.82, 2.24) is 0 Å². The number of anilines is 6. The van der Waals surface area contributed by atoms with Crippen LogP contribution in [0.25, 0.3) is 72.7 Å². The molecule has 0 unspecified atom stereocenters. The van der Waals surface area contributed by atoms with Crippen LogP contribution in [0.1, 0.15) is 48.6 Å². The molecule has 0 aliphatic rings. The molecule has 0 saturated carbocycles. The lowest BCUT2D eigenvalue weighted by molar-refractivity contribution is 0.597. The van der Waals surface area contributed by atoms with Gasteiger partial charge in [-0.25, -0.2) is 0 Å². The lowest BCUT2D eigenvalue weighted by Gasteiger charge is -2.31. The predicted octanol–water partition coefficient (Wildman–Crippen LogP) is 18.8. The Bertz CT molecular complexity index is 3840. The zero-order valence-corrected chi connectivity index (χ0v) is 38.9. The highest BCUT2D eigenvalue weighted by atomic mass is 32.1. The molecule has 0 atom stereocenters. The van der Waals surface area contributed by atoms with E-state index in [-0.39, 0.29) is 5.41 Å². The van der Waals surface area contributed by atoms with Gasteiger partial charge < -0.3 is 9.80 Å². The summed E-state index contributed by atoms with van der Waals surface area (Å²) in [5.41, 5.74) is 13.6. The fraction of sp³-hybridized carbons (Fsp3) is 0.133. The molecule has 10 aromatic carbocycles. The van der Waals surface area contributed by atoms with Gasteiger partial charge in [0.25, 0.3) is 0 Å². The standard InChI is InChI=1S/C60H48N2S2/c1-35-13-10-15-41(33-35)61(55-37(3)21-27-45-43-17-8-9-20-52(43)63-58(45)55)50-31-25-39-24-30-48-51(32-26-40-23-29-47(50)53(39)54(40)48)62(42-16-11-14-36(2)34-42)56-38(4)22-28-46-44-18-12-19-49(60(5,6)7)57(44)64-59(46)56/h8-34H,1-7H3. The van der Waals surface area contributed by atoms with Gasteiger partial charge in [-0.2, -0.15) is 0 Å². The first-order valence-corrected chi connectivity index (χ1v) is 24.0. The van der Waals surface area contributed by atoms with E-state index in [0.29, 0.717) is 0 Å². The Labute approximate surface area is 382 Å². The molecule has 0 radical (unpaired) electrons. The molecule has 0 fully saturated rings. The van der Waals surface area contributed by atoms with Crippen LogP contribution in [0.3, 0.4) is 0 Å². The molecule has 2 nitrogen and oxygen atoms in total. The van der Waals surface area contributed by atoms with Gasteiger partial charge in [-0.05, 0) is 125 Å². The van der Waals surface area contributed by atoms with E-state index in [4.69, 9.17) is 0 Å². The van der Waals surface area contributed by atoms with Gasteiger partial charge in [-0.1, -0.05) is 142 Å². The van der Waals surface area contributed by atoms with E-state index in [9.17, 15) is 0 Å². The van der Waals surface area contributed by atoms with Gasteiger partial charge in [-0.3, -0.25) is 0 Å². The fourth-order valence-electron chi connectivity index (χ4n) is 10.4. The number of benzene rings is 10. The highest BCUT2D eigenvalue weighted by Crippen LogP contribution is 2.53. The molecule has 12 aromatic rings. The summed E-state index contributed by atoms with van der Waals surface area (Å²) in [5.74, 6) is 0. The van der Waals surface area contributed by atoms with E-state index in [1.165, 1.54) is 123 Å². The minimum absolute atomic E-state index is 0.0226. The Kier molecular flexibility index (Phi) is 8.76. The Morgan fingerprint density at radius 3 is 1.42 bits per heavy atom. The lowest BCUT2D eigenvalue weighted by atomic mass is 9.86. The van der Waals surface area contributed by atoms with Crippen molar-refractivity contribution in [3.63, 3.8) is 0 Å². The van der Waals surface area contributed by atoms with Gasteiger partial charge in [-0.15, -0.1) is 22.7 Å². The molecule has 0 spiro atoms. The van der Waals surface area contributed by atoms with Gasteiger partial charge >= 0.3 is 0 Å². The largest absolute Gasteiger partial charge is 0.308 e. The molecule has 0 saturated heterocycles. The van der Waals surface area contributed by atoms with Crippen LogP contribution in [-0.2, 0) is 5.41 Å². The van der Waals surface area contributed by atoms with Crippen molar-refractivity contribution in [2.75, 3.05) is 9.80 Å². The van der Waals surface area contributed by atoms with Crippen molar-refractivity contribution < 1.29 is 0 Å². The van der Waals surface area contributed by atoms with Gasteiger partial charge in [0.2, 0.25) is 0 Å².